The lowest BCUT2D eigenvalue weighted by Gasteiger charge is -2.29. The van der Waals surface area contributed by atoms with Gasteiger partial charge >= 0.3 is 0 Å². The molecule has 1 aromatic rings. The molecule has 0 saturated heterocycles. The topological polar surface area (TPSA) is 32.3 Å². The molecule has 1 heterocycles. The molecule has 1 atom stereocenters. The highest BCUT2D eigenvalue weighted by Crippen LogP contribution is 2.26. The van der Waals surface area contributed by atoms with Gasteiger partial charge in [-0.05, 0) is 37.8 Å². The second-order valence-corrected chi connectivity index (χ2v) is 5.29. The Kier molecular flexibility index (Phi) is 4.97. The van der Waals surface area contributed by atoms with Crippen molar-refractivity contribution in [1.29, 1.82) is 0 Å². The molecular weight excluding hydrogens is 236 g/mol. The monoisotopic (exact) mass is 260 g/mol. The highest BCUT2D eigenvalue weighted by molar-refractivity contribution is 5.94. The Morgan fingerprint density at radius 2 is 2.21 bits per heavy atom. The van der Waals surface area contributed by atoms with Crippen molar-refractivity contribution < 1.29 is 4.79 Å². The van der Waals surface area contributed by atoms with Crippen LogP contribution in [0.15, 0.2) is 24.3 Å². The molecule has 1 amide bonds. The fourth-order valence-electron chi connectivity index (χ4n) is 2.50. The summed E-state index contributed by atoms with van der Waals surface area (Å²) in [5, 5.41) is 3.38. The number of benzene rings is 1. The zero-order chi connectivity index (χ0) is 13.7. The zero-order valence-electron chi connectivity index (χ0n) is 12.0. The molecule has 0 spiro atoms. The van der Waals surface area contributed by atoms with Gasteiger partial charge in [-0.25, -0.2) is 0 Å². The largest absolute Gasteiger partial charge is 0.314 e. The molecule has 3 heteroatoms. The molecule has 0 bridgehead atoms. The van der Waals surface area contributed by atoms with E-state index >= 15 is 0 Å². The van der Waals surface area contributed by atoms with Crippen molar-refractivity contribution in [3.05, 3.63) is 29.8 Å². The normalized spacial score (nSPS) is 16.0. The molecular formula is C16H24N2O. The molecule has 19 heavy (non-hydrogen) atoms. The lowest BCUT2D eigenvalue weighted by molar-refractivity contribution is -0.118. The van der Waals surface area contributed by atoms with Crippen LogP contribution in [-0.4, -0.2) is 25.0 Å². The number of nitrogens with zero attached hydrogens (tertiary/aromatic N) is 1. The number of nitrogens with one attached hydrogen (secondary N) is 1. The number of para-hydroxylation sites is 1. The first-order valence-electron chi connectivity index (χ1n) is 7.34. The first kappa shape index (κ1) is 14.1. The van der Waals surface area contributed by atoms with Crippen LogP contribution >= 0.6 is 0 Å². The Morgan fingerprint density at radius 1 is 1.42 bits per heavy atom. The van der Waals surface area contributed by atoms with E-state index in [4.69, 9.17) is 0 Å². The first-order valence-corrected chi connectivity index (χ1v) is 7.34. The van der Waals surface area contributed by atoms with Gasteiger partial charge in [0.2, 0.25) is 5.91 Å². The van der Waals surface area contributed by atoms with Crippen molar-refractivity contribution >= 4 is 11.6 Å². The van der Waals surface area contributed by atoms with E-state index in [0.29, 0.717) is 12.5 Å². The van der Waals surface area contributed by atoms with Gasteiger partial charge < -0.3 is 10.2 Å². The van der Waals surface area contributed by atoms with Crippen LogP contribution in [-0.2, 0) is 11.2 Å². The van der Waals surface area contributed by atoms with Crippen LogP contribution in [0.5, 0.6) is 0 Å². The Bertz CT molecular complexity index is 431. The SMILES string of the molecule is CCC(C)NCCC(=O)N1CCCc2ccccc21. The van der Waals surface area contributed by atoms with Crippen molar-refractivity contribution in [2.75, 3.05) is 18.0 Å². The van der Waals surface area contributed by atoms with Gasteiger partial charge in [-0.1, -0.05) is 25.1 Å². The van der Waals surface area contributed by atoms with Crippen LogP contribution in [0.2, 0.25) is 0 Å². The first-order chi connectivity index (χ1) is 9.22. The maximum Gasteiger partial charge on any atom is 0.228 e. The molecule has 2 rings (SSSR count). The molecule has 1 unspecified atom stereocenters. The van der Waals surface area contributed by atoms with Crippen LogP contribution < -0.4 is 10.2 Å². The van der Waals surface area contributed by atoms with Crippen molar-refractivity contribution in [2.24, 2.45) is 0 Å². The highest BCUT2D eigenvalue weighted by atomic mass is 16.2. The molecule has 0 radical (unpaired) electrons. The second kappa shape index (κ2) is 6.71. The number of fused-ring (bicyclic) bond motifs is 1. The number of hydrogen-bond acceptors (Lipinski definition) is 2. The van der Waals surface area contributed by atoms with E-state index in [1.54, 1.807) is 0 Å². The summed E-state index contributed by atoms with van der Waals surface area (Å²) in [6.07, 6.45) is 3.84. The van der Waals surface area contributed by atoms with Gasteiger partial charge in [-0.15, -0.1) is 0 Å². The number of carbonyl (C=O) groups is 1. The predicted molar refractivity (Wildman–Crippen MR) is 79.5 cm³/mol. The minimum atomic E-state index is 0.239. The molecule has 0 saturated carbocycles. The van der Waals surface area contributed by atoms with Gasteiger partial charge in [0.1, 0.15) is 0 Å². The van der Waals surface area contributed by atoms with Gasteiger partial charge in [0.15, 0.2) is 0 Å². The summed E-state index contributed by atoms with van der Waals surface area (Å²) in [6, 6.07) is 8.75. The Balaban J connectivity index is 1.93. The average molecular weight is 260 g/mol. The number of amides is 1. The number of carbonyl (C=O) groups excluding carboxylic acids is 1. The Hall–Kier alpha value is -1.35. The number of aryl methyl sites for hydroxylation is 1. The fraction of sp³-hybridized carbons (Fsp3) is 0.562. The van der Waals surface area contributed by atoms with Crippen LogP contribution in [0.3, 0.4) is 0 Å². The summed E-state index contributed by atoms with van der Waals surface area (Å²) in [6.45, 7) is 5.94. The molecule has 104 valence electrons. The third-order valence-corrected chi connectivity index (χ3v) is 3.86. The smallest absolute Gasteiger partial charge is 0.228 e. The van der Waals surface area contributed by atoms with E-state index in [0.717, 1.165) is 38.0 Å². The summed E-state index contributed by atoms with van der Waals surface area (Å²) in [4.78, 5) is 14.3. The van der Waals surface area contributed by atoms with Crippen LogP contribution in [0.25, 0.3) is 0 Å². The molecule has 0 aromatic heterocycles. The predicted octanol–water partition coefficient (Wildman–Crippen LogP) is 2.74. The van der Waals surface area contributed by atoms with Crippen molar-refractivity contribution in [1.82, 2.24) is 5.32 Å². The van der Waals surface area contributed by atoms with E-state index in [9.17, 15) is 4.79 Å². The minimum absolute atomic E-state index is 0.239. The van der Waals surface area contributed by atoms with Gasteiger partial charge in [0.05, 0.1) is 0 Å². The summed E-state index contributed by atoms with van der Waals surface area (Å²) >= 11 is 0. The quantitative estimate of drug-likeness (QED) is 0.883. The minimum Gasteiger partial charge on any atom is -0.314 e. The average Bonchev–Trinajstić information content (AvgIpc) is 2.46. The molecule has 1 aromatic carbocycles. The standard InChI is InChI=1S/C16H24N2O/c1-3-13(2)17-11-10-16(19)18-12-6-8-14-7-4-5-9-15(14)18/h4-5,7,9,13,17H,3,6,8,10-12H2,1-2H3. The van der Waals surface area contributed by atoms with Gasteiger partial charge in [0.25, 0.3) is 0 Å². The van der Waals surface area contributed by atoms with Crippen molar-refractivity contribution in [2.45, 2.75) is 45.6 Å². The third-order valence-electron chi connectivity index (χ3n) is 3.86. The van der Waals surface area contributed by atoms with E-state index in [1.165, 1.54) is 5.56 Å². The van der Waals surface area contributed by atoms with Crippen LogP contribution in [0.4, 0.5) is 5.69 Å². The van der Waals surface area contributed by atoms with Crippen molar-refractivity contribution in [3.8, 4) is 0 Å². The number of rotatable bonds is 5. The Morgan fingerprint density at radius 3 is 3.00 bits per heavy atom. The van der Waals surface area contributed by atoms with Crippen LogP contribution in [0, 0.1) is 0 Å². The van der Waals surface area contributed by atoms with E-state index < -0.39 is 0 Å². The Labute approximate surface area is 116 Å². The third kappa shape index (κ3) is 3.57. The van der Waals surface area contributed by atoms with E-state index in [2.05, 4.69) is 37.4 Å². The summed E-state index contributed by atoms with van der Waals surface area (Å²) < 4.78 is 0. The molecule has 3 nitrogen and oxygen atoms in total. The summed E-state index contributed by atoms with van der Waals surface area (Å²) in [7, 11) is 0. The number of hydrogen-bond donors (Lipinski definition) is 1. The highest BCUT2D eigenvalue weighted by Gasteiger charge is 2.21. The van der Waals surface area contributed by atoms with E-state index in [-0.39, 0.29) is 5.91 Å². The van der Waals surface area contributed by atoms with Crippen molar-refractivity contribution in [3.63, 3.8) is 0 Å². The summed E-state index contributed by atoms with van der Waals surface area (Å²) in [5.74, 6) is 0.239. The van der Waals surface area contributed by atoms with Gasteiger partial charge in [-0.3, -0.25) is 4.79 Å². The molecule has 1 aliphatic rings. The fourth-order valence-corrected chi connectivity index (χ4v) is 2.50. The maximum atomic E-state index is 12.3. The van der Waals surface area contributed by atoms with Gasteiger partial charge in [0, 0.05) is 31.2 Å². The summed E-state index contributed by atoms with van der Waals surface area (Å²) in [5.41, 5.74) is 2.42. The molecule has 0 aliphatic carbocycles. The molecule has 1 N–H and O–H groups in total. The maximum absolute atomic E-state index is 12.3. The van der Waals surface area contributed by atoms with Gasteiger partial charge in [-0.2, -0.15) is 0 Å². The number of anilines is 1. The lowest BCUT2D eigenvalue weighted by Crippen LogP contribution is -2.38. The van der Waals surface area contributed by atoms with E-state index in [1.807, 2.05) is 11.0 Å². The zero-order valence-corrected chi connectivity index (χ0v) is 12.0. The lowest BCUT2D eigenvalue weighted by atomic mass is 10.0. The molecule has 1 aliphatic heterocycles. The molecule has 0 fully saturated rings. The second-order valence-electron chi connectivity index (χ2n) is 5.29. The van der Waals surface area contributed by atoms with Crippen LogP contribution in [0.1, 0.15) is 38.7 Å².